The van der Waals surface area contributed by atoms with Crippen LogP contribution in [0.1, 0.15) is 72.6 Å². The average molecular weight is 268 g/mol. The molecule has 114 valence electrons. The predicted octanol–water partition coefficient (Wildman–Crippen LogP) is 4.06. The van der Waals surface area contributed by atoms with E-state index in [9.17, 15) is 0 Å². The summed E-state index contributed by atoms with van der Waals surface area (Å²) in [6, 6.07) is 1.43. The Morgan fingerprint density at radius 2 is 1.84 bits per heavy atom. The standard InChI is InChI=1S/C17H36N2/c1-6-12-17(4,13-18-15(2)3)14-19(5)16-10-8-7-9-11-16/h15-16,18H,6-14H2,1-5H3. The molecule has 1 rings (SSSR count). The van der Waals surface area contributed by atoms with Gasteiger partial charge < -0.3 is 10.2 Å². The Morgan fingerprint density at radius 1 is 1.21 bits per heavy atom. The van der Waals surface area contributed by atoms with Gasteiger partial charge in [0.2, 0.25) is 0 Å². The quantitative estimate of drug-likeness (QED) is 0.714. The summed E-state index contributed by atoms with van der Waals surface area (Å²) in [5, 5.41) is 3.65. The highest BCUT2D eigenvalue weighted by Gasteiger charge is 2.28. The third-order valence-electron chi connectivity index (χ3n) is 4.62. The first-order valence-electron chi connectivity index (χ1n) is 8.40. The molecule has 1 aliphatic carbocycles. The van der Waals surface area contributed by atoms with Gasteiger partial charge in [-0.3, -0.25) is 0 Å². The first-order valence-corrected chi connectivity index (χ1v) is 8.40. The molecule has 1 saturated carbocycles. The van der Waals surface area contributed by atoms with Gasteiger partial charge in [0, 0.05) is 25.2 Å². The number of hydrogen-bond acceptors (Lipinski definition) is 2. The molecule has 0 aromatic rings. The van der Waals surface area contributed by atoms with E-state index in [2.05, 4.69) is 45.0 Å². The minimum atomic E-state index is 0.422. The Kier molecular flexibility index (Phi) is 7.38. The second kappa shape index (κ2) is 8.26. The van der Waals surface area contributed by atoms with E-state index in [-0.39, 0.29) is 0 Å². The van der Waals surface area contributed by atoms with Crippen LogP contribution in [0, 0.1) is 5.41 Å². The van der Waals surface area contributed by atoms with E-state index in [0.717, 1.165) is 12.6 Å². The molecular formula is C17H36N2. The first-order chi connectivity index (χ1) is 8.97. The van der Waals surface area contributed by atoms with Crippen molar-refractivity contribution >= 4 is 0 Å². The summed E-state index contributed by atoms with van der Waals surface area (Å²) in [4.78, 5) is 2.65. The lowest BCUT2D eigenvalue weighted by Gasteiger charge is -2.39. The van der Waals surface area contributed by atoms with Gasteiger partial charge in [-0.25, -0.2) is 0 Å². The van der Waals surface area contributed by atoms with Crippen molar-refractivity contribution in [1.29, 1.82) is 0 Å². The van der Waals surface area contributed by atoms with Crippen molar-refractivity contribution in [2.45, 2.75) is 84.7 Å². The molecule has 1 N–H and O–H groups in total. The zero-order chi connectivity index (χ0) is 14.3. The predicted molar refractivity (Wildman–Crippen MR) is 85.7 cm³/mol. The van der Waals surface area contributed by atoms with Crippen molar-refractivity contribution < 1.29 is 0 Å². The van der Waals surface area contributed by atoms with Crippen molar-refractivity contribution in [3.05, 3.63) is 0 Å². The van der Waals surface area contributed by atoms with Crippen molar-refractivity contribution in [2.24, 2.45) is 5.41 Å². The van der Waals surface area contributed by atoms with E-state index < -0.39 is 0 Å². The molecule has 0 radical (unpaired) electrons. The second-order valence-corrected chi connectivity index (χ2v) is 7.30. The number of hydrogen-bond donors (Lipinski definition) is 1. The van der Waals surface area contributed by atoms with Gasteiger partial charge in [0.05, 0.1) is 0 Å². The van der Waals surface area contributed by atoms with Crippen LogP contribution in [0.4, 0.5) is 0 Å². The Morgan fingerprint density at radius 3 is 2.37 bits per heavy atom. The second-order valence-electron chi connectivity index (χ2n) is 7.30. The van der Waals surface area contributed by atoms with Crippen LogP contribution in [-0.2, 0) is 0 Å². The van der Waals surface area contributed by atoms with Crippen LogP contribution in [0.25, 0.3) is 0 Å². The van der Waals surface area contributed by atoms with E-state index in [1.807, 2.05) is 0 Å². The van der Waals surface area contributed by atoms with Crippen LogP contribution in [0.5, 0.6) is 0 Å². The smallest absolute Gasteiger partial charge is 0.00924 e. The molecule has 0 spiro atoms. The van der Waals surface area contributed by atoms with E-state index in [1.54, 1.807) is 0 Å². The highest BCUT2D eigenvalue weighted by molar-refractivity contribution is 4.84. The van der Waals surface area contributed by atoms with Crippen LogP contribution in [0.15, 0.2) is 0 Å². The van der Waals surface area contributed by atoms with E-state index in [4.69, 9.17) is 0 Å². The maximum Gasteiger partial charge on any atom is 0.00924 e. The summed E-state index contributed by atoms with van der Waals surface area (Å²) in [7, 11) is 2.35. The molecule has 19 heavy (non-hydrogen) atoms. The lowest BCUT2D eigenvalue weighted by Crippen LogP contribution is -2.46. The SMILES string of the molecule is CCCC(C)(CNC(C)C)CN(C)C1CCCCC1. The number of rotatable bonds is 8. The Bertz CT molecular complexity index is 233. The fraction of sp³-hybridized carbons (Fsp3) is 1.00. The van der Waals surface area contributed by atoms with E-state index >= 15 is 0 Å². The maximum atomic E-state index is 3.65. The summed E-state index contributed by atoms with van der Waals surface area (Å²) in [6.07, 6.45) is 9.75. The first kappa shape index (κ1) is 17.0. The maximum absolute atomic E-state index is 3.65. The topological polar surface area (TPSA) is 15.3 Å². The molecule has 0 amide bonds. The van der Waals surface area contributed by atoms with Crippen molar-refractivity contribution in [1.82, 2.24) is 10.2 Å². The third-order valence-corrected chi connectivity index (χ3v) is 4.62. The summed E-state index contributed by atoms with van der Waals surface area (Å²) in [6.45, 7) is 11.7. The molecule has 1 fully saturated rings. The highest BCUT2D eigenvalue weighted by Crippen LogP contribution is 2.28. The molecule has 0 aliphatic heterocycles. The number of nitrogens with one attached hydrogen (secondary N) is 1. The third kappa shape index (κ3) is 6.27. The zero-order valence-corrected chi connectivity index (χ0v) is 14.0. The molecule has 1 aliphatic rings. The van der Waals surface area contributed by atoms with Gasteiger partial charge in [-0.2, -0.15) is 0 Å². The highest BCUT2D eigenvalue weighted by atomic mass is 15.1. The van der Waals surface area contributed by atoms with Crippen molar-refractivity contribution in [3.63, 3.8) is 0 Å². The van der Waals surface area contributed by atoms with Gasteiger partial charge in [-0.1, -0.05) is 53.4 Å². The largest absolute Gasteiger partial charge is 0.314 e. The lowest BCUT2D eigenvalue weighted by atomic mass is 9.83. The van der Waals surface area contributed by atoms with Gasteiger partial charge in [0.25, 0.3) is 0 Å². The minimum Gasteiger partial charge on any atom is -0.314 e. The van der Waals surface area contributed by atoms with E-state index in [1.165, 1.54) is 51.5 Å². The van der Waals surface area contributed by atoms with Crippen molar-refractivity contribution in [3.8, 4) is 0 Å². The van der Waals surface area contributed by atoms with E-state index in [0.29, 0.717) is 11.5 Å². The van der Waals surface area contributed by atoms with Gasteiger partial charge in [0.1, 0.15) is 0 Å². The summed E-state index contributed by atoms with van der Waals surface area (Å²) in [5.74, 6) is 0. The minimum absolute atomic E-state index is 0.422. The summed E-state index contributed by atoms with van der Waals surface area (Å²) in [5.41, 5.74) is 0.422. The molecule has 2 heteroatoms. The lowest BCUT2D eigenvalue weighted by molar-refractivity contribution is 0.113. The Hall–Kier alpha value is -0.0800. The zero-order valence-electron chi connectivity index (χ0n) is 14.0. The fourth-order valence-electron chi connectivity index (χ4n) is 3.53. The van der Waals surface area contributed by atoms with Crippen LogP contribution in [0.3, 0.4) is 0 Å². The molecule has 0 heterocycles. The molecule has 0 aromatic heterocycles. The molecule has 1 unspecified atom stereocenters. The average Bonchev–Trinajstić information content (AvgIpc) is 2.38. The van der Waals surface area contributed by atoms with Gasteiger partial charge in [0.15, 0.2) is 0 Å². The van der Waals surface area contributed by atoms with Crippen molar-refractivity contribution in [2.75, 3.05) is 20.1 Å². The van der Waals surface area contributed by atoms with Gasteiger partial charge >= 0.3 is 0 Å². The van der Waals surface area contributed by atoms with Gasteiger partial charge in [-0.05, 0) is 31.7 Å². The molecule has 0 saturated heterocycles. The monoisotopic (exact) mass is 268 g/mol. The molecule has 0 bridgehead atoms. The molecule has 1 atom stereocenters. The van der Waals surface area contributed by atoms with Crippen LogP contribution in [0.2, 0.25) is 0 Å². The Balaban J connectivity index is 2.49. The van der Waals surface area contributed by atoms with Crippen LogP contribution in [-0.4, -0.2) is 37.1 Å². The Labute approximate surface area is 121 Å². The summed E-state index contributed by atoms with van der Waals surface area (Å²) < 4.78 is 0. The molecular weight excluding hydrogens is 232 g/mol. The number of nitrogens with zero attached hydrogens (tertiary/aromatic N) is 1. The molecule has 2 nitrogen and oxygen atoms in total. The van der Waals surface area contributed by atoms with Crippen LogP contribution < -0.4 is 5.32 Å². The van der Waals surface area contributed by atoms with Gasteiger partial charge in [-0.15, -0.1) is 0 Å². The van der Waals surface area contributed by atoms with Crippen LogP contribution >= 0.6 is 0 Å². The molecule has 0 aromatic carbocycles. The normalized spacial score (nSPS) is 21.0. The summed E-state index contributed by atoms with van der Waals surface area (Å²) >= 11 is 0. The fourth-order valence-corrected chi connectivity index (χ4v) is 3.53.